The minimum Gasteiger partial charge on any atom is -0.467 e. The van der Waals surface area contributed by atoms with Gasteiger partial charge >= 0.3 is 5.97 Å². The minimum absolute atomic E-state index is 0.179. The Labute approximate surface area is 117 Å². The molecule has 0 bridgehead atoms. The molecule has 0 saturated carbocycles. The van der Waals surface area contributed by atoms with Crippen molar-refractivity contribution in [2.75, 3.05) is 32.5 Å². The minimum atomic E-state index is -0.733. The normalized spacial score (nSPS) is 18.7. The Morgan fingerprint density at radius 1 is 1.45 bits per heavy atom. The summed E-state index contributed by atoms with van der Waals surface area (Å²) in [4.78, 5) is 25.5. The first-order chi connectivity index (χ1) is 9.52. The second-order valence-corrected chi connectivity index (χ2v) is 4.72. The van der Waals surface area contributed by atoms with Crippen molar-refractivity contribution in [3.63, 3.8) is 0 Å². The Bertz CT molecular complexity index is 530. The summed E-state index contributed by atoms with van der Waals surface area (Å²) in [7, 11) is 1.30. The van der Waals surface area contributed by atoms with E-state index in [-0.39, 0.29) is 12.5 Å². The van der Waals surface area contributed by atoms with Crippen LogP contribution in [0.4, 0.5) is 5.69 Å². The zero-order valence-corrected chi connectivity index (χ0v) is 11.6. The zero-order valence-electron chi connectivity index (χ0n) is 11.6. The summed E-state index contributed by atoms with van der Waals surface area (Å²) in [5.41, 5.74) is 7.69. The summed E-state index contributed by atoms with van der Waals surface area (Å²) in [6.45, 7) is 2.81. The van der Waals surface area contributed by atoms with Gasteiger partial charge in [0.25, 0.3) is 5.91 Å². The van der Waals surface area contributed by atoms with Crippen LogP contribution in [0.25, 0.3) is 0 Å². The summed E-state index contributed by atoms with van der Waals surface area (Å²) in [5, 5.41) is 0. The van der Waals surface area contributed by atoms with E-state index in [1.54, 1.807) is 17.0 Å². The maximum absolute atomic E-state index is 12.5. The molecule has 1 aromatic carbocycles. The van der Waals surface area contributed by atoms with Crippen molar-refractivity contribution < 1.29 is 19.1 Å². The van der Waals surface area contributed by atoms with Crippen molar-refractivity contribution in [2.45, 2.75) is 13.0 Å². The number of carbonyl (C=O) groups is 2. The molecule has 0 spiro atoms. The first kappa shape index (κ1) is 14.3. The van der Waals surface area contributed by atoms with E-state index in [1.165, 1.54) is 7.11 Å². The van der Waals surface area contributed by atoms with Gasteiger partial charge in [0.15, 0.2) is 6.10 Å². The molecule has 6 nitrogen and oxygen atoms in total. The molecule has 1 aliphatic rings. The van der Waals surface area contributed by atoms with E-state index in [4.69, 9.17) is 10.5 Å². The number of benzene rings is 1. The SMILES string of the molecule is COC(=O)C1CN(C(=O)c2cc(C)ccc2N)CCO1. The number of methoxy groups -OCH3 is 1. The van der Waals surface area contributed by atoms with Gasteiger partial charge < -0.3 is 20.1 Å². The fourth-order valence-corrected chi connectivity index (χ4v) is 2.13. The van der Waals surface area contributed by atoms with Crippen molar-refractivity contribution in [2.24, 2.45) is 0 Å². The van der Waals surface area contributed by atoms with Crippen molar-refractivity contribution in [1.29, 1.82) is 0 Å². The van der Waals surface area contributed by atoms with E-state index < -0.39 is 12.1 Å². The van der Waals surface area contributed by atoms with Crippen LogP contribution in [0.1, 0.15) is 15.9 Å². The molecule has 1 amide bonds. The smallest absolute Gasteiger partial charge is 0.336 e. The number of esters is 1. The Morgan fingerprint density at radius 2 is 2.20 bits per heavy atom. The monoisotopic (exact) mass is 278 g/mol. The van der Waals surface area contributed by atoms with Gasteiger partial charge in [0.2, 0.25) is 0 Å². The number of nitrogen functional groups attached to an aromatic ring is 1. The van der Waals surface area contributed by atoms with Crippen LogP contribution in [-0.2, 0) is 14.3 Å². The first-order valence-corrected chi connectivity index (χ1v) is 6.37. The highest BCUT2D eigenvalue weighted by Gasteiger charge is 2.30. The standard InChI is InChI=1S/C14H18N2O4/c1-9-3-4-11(15)10(7-9)13(17)16-5-6-20-12(8-16)14(18)19-2/h3-4,7,12H,5-6,8,15H2,1-2H3. The Hall–Kier alpha value is -2.08. The van der Waals surface area contributed by atoms with E-state index in [9.17, 15) is 9.59 Å². The molecule has 2 N–H and O–H groups in total. The summed E-state index contributed by atoms with van der Waals surface area (Å²) in [5.74, 6) is -0.664. The van der Waals surface area contributed by atoms with E-state index in [0.29, 0.717) is 24.4 Å². The molecule has 2 rings (SSSR count). The van der Waals surface area contributed by atoms with Crippen LogP contribution >= 0.6 is 0 Å². The fraction of sp³-hybridized carbons (Fsp3) is 0.429. The number of anilines is 1. The van der Waals surface area contributed by atoms with Crippen LogP contribution in [0.5, 0.6) is 0 Å². The predicted octanol–water partition coefficient (Wildman–Crippen LogP) is 0.591. The number of aryl methyl sites for hydroxylation is 1. The van der Waals surface area contributed by atoms with Crippen LogP contribution < -0.4 is 5.73 Å². The maximum Gasteiger partial charge on any atom is 0.336 e. The lowest BCUT2D eigenvalue weighted by Gasteiger charge is -2.31. The first-order valence-electron chi connectivity index (χ1n) is 6.37. The Morgan fingerprint density at radius 3 is 2.90 bits per heavy atom. The molecule has 1 unspecified atom stereocenters. The fourth-order valence-electron chi connectivity index (χ4n) is 2.13. The highest BCUT2D eigenvalue weighted by Crippen LogP contribution is 2.18. The van der Waals surface area contributed by atoms with Gasteiger partial charge in [0.05, 0.1) is 25.8 Å². The van der Waals surface area contributed by atoms with Crippen LogP contribution in [0.2, 0.25) is 0 Å². The van der Waals surface area contributed by atoms with Gasteiger partial charge in [0, 0.05) is 12.2 Å². The van der Waals surface area contributed by atoms with Crippen molar-refractivity contribution in [1.82, 2.24) is 4.90 Å². The third-order valence-corrected chi connectivity index (χ3v) is 3.26. The Kier molecular flexibility index (Phi) is 4.24. The molecule has 108 valence electrons. The molecule has 0 aromatic heterocycles. The van der Waals surface area contributed by atoms with Gasteiger partial charge in [-0.25, -0.2) is 4.79 Å². The van der Waals surface area contributed by atoms with Crippen LogP contribution in [-0.4, -0.2) is 49.7 Å². The predicted molar refractivity (Wildman–Crippen MR) is 73.3 cm³/mol. The molecule has 1 saturated heterocycles. The number of hydrogen-bond acceptors (Lipinski definition) is 5. The zero-order chi connectivity index (χ0) is 14.7. The Balaban J connectivity index is 2.16. The average molecular weight is 278 g/mol. The van der Waals surface area contributed by atoms with Gasteiger partial charge in [-0.2, -0.15) is 0 Å². The number of nitrogens with zero attached hydrogens (tertiary/aromatic N) is 1. The van der Waals surface area contributed by atoms with Gasteiger partial charge in [0.1, 0.15) is 0 Å². The number of ether oxygens (including phenoxy) is 2. The number of amides is 1. The number of morpholine rings is 1. The molecule has 1 aromatic rings. The highest BCUT2D eigenvalue weighted by atomic mass is 16.6. The quantitative estimate of drug-likeness (QED) is 0.632. The van der Waals surface area contributed by atoms with Crippen molar-refractivity contribution in [3.8, 4) is 0 Å². The topological polar surface area (TPSA) is 81.9 Å². The second kappa shape index (κ2) is 5.92. The molecule has 1 fully saturated rings. The molecule has 0 radical (unpaired) electrons. The van der Waals surface area contributed by atoms with E-state index in [2.05, 4.69) is 4.74 Å². The van der Waals surface area contributed by atoms with Crippen molar-refractivity contribution in [3.05, 3.63) is 29.3 Å². The van der Waals surface area contributed by atoms with Gasteiger partial charge in [-0.15, -0.1) is 0 Å². The summed E-state index contributed by atoms with van der Waals surface area (Å²) >= 11 is 0. The lowest BCUT2D eigenvalue weighted by atomic mass is 10.1. The average Bonchev–Trinajstić information content (AvgIpc) is 2.48. The van der Waals surface area contributed by atoms with Crippen LogP contribution in [0.15, 0.2) is 18.2 Å². The molecular formula is C14H18N2O4. The third kappa shape index (κ3) is 2.91. The summed E-state index contributed by atoms with van der Waals surface area (Å²) in [6.07, 6.45) is -0.733. The molecule has 1 atom stereocenters. The lowest BCUT2D eigenvalue weighted by Crippen LogP contribution is -2.49. The van der Waals surface area contributed by atoms with Crippen LogP contribution in [0.3, 0.4) is 0 Å². The molecule has 1 aliphatic heterocycles. The summed E-state index contributed by atoms with van der Waals surface area (Å²) < 4.78 is 9.94. The highest BCUT2D eigenvalue weighted by molar-refractivity contribution is 5.99. The molecule has 6 heteroatoms. The third-order valence-electron chi connectivity index (χ3n) is 3.26. The van der Waals surface area contributed by atoms with Crippen molar-refractivity contribution >= 4 is 17.6 Å². The lowest BCUT2D eigenvalue weighted by molar-refractivity contribution is -0.158. The summed E-state index contributed by atoms with van der Waals surface area (Å²) in [6, 6.07) is 5.31. The molecule has 20 heavy (non-hydrogen) atoms. The second-order valence-electron chi connectivity index (χ2n) is 4.72. The van der Waals surface area contributed by atoms with Gasteiger partial charge in [-0.05, 0) is 19.1 Å². The number of nitrogens with two attached hydrogens (primary N) is 1. The number of carbonyl (C=O) groups excluding carboxylic acids is 2. The van der Waals surface area contributed by atoms with Crippen LogP contribution in [0, 0.1) is 6.92 Å². The molecule has 0 aliphatic carbocycles. The molecule has 1 heterocycles. The largest absolute Gasteiger partial charge is 0.467 e. The van der Waals surface area contributed by atoms with Gasteiger partial charge in [-0.3, -0.25) is 4.79 Å². The van der Waals surface area contributed by atoms with E-state index in [1.807, 2.05) is 13.0 Å². The van der Waals surface area contributed by atoms with Gasteiger partial charge in [-0.1, -0.05) is 11.6 Å². The van der Waals surface area contributed by atoms with E-state index in [0.717, 1.165) is 5.56 Å². The number of rotatable bonds is 2. The molecular weight excluding hydrogens is 260 g/mol. The number of hydrogen-bond donors (Lipinski definition) is 1. The van der Waals surface area contributed by atoms with E-state index >= 15 is 0 Å². The maximum atomic E-state index is 12.5.